The first kappa shape index (κ1) is 22.4. The van der Waals surface area contributed by atoms with E-state index < -0.39 is 0 Å². The molecule has 1 aliphatic heterocycles. The Labute approximate surface area is 199 Å². The molecule has 166 valence electrons. The molecule has 0 unspecified atom stereocenters. The van der Waals surface area contributed by atoms with Gasteiger partial charge in [-0.1, -0.05) is 35.9 Å². The fourth-order valence-electron chi connectivity index (χ4n) is 3.41. The Balaban J connectivity index is 1.53. The van der Waals surface area contributed by atoms with Gasteiger partial charge in [-0.3, -0.25) is 14.5 Å². The number of ether oxygens (including phenoxy) is 1. The zero-order chi connectivity index (χ0) is 23.4. The fourth-order valence-corrected chi connectivity index (χ4v) is 3.97. The van der Waals surface area contributed by atoms with Crippen LogP contribution in [0.5, 0.6) is 5.75 Å². The van der Waals surface area contributed by atoms with Crippen molar-refractivity contribution in [3.8, 4) is 5.75 Å². The number of nitrogens with one attached hydrogen (secondary N) is 1. The van der Waals surface area contributed by atoms with Crippen LogP contribution in [-0.4, -0.2) is 37.4 Å². The number of hydrogen-bond donors (Lipinski definition) is 1. The minimum absolute atomic E-state index is 0.127. The van der Waals surface area contributed by atoms with Gasteiger partial charge in [0, 0.05) is 11.3 Å². The van der Waals surface area contributed by atoms with Crippen molar-refractivity contribution < 1.29 is 14.3 Å². The van der Waals surface area contributed by atoms with Crippen molar-refractivity contribution in [1.82, 2.24) is 0 Å². The van der Waals surface area contributed by atoms with Crippen LogP contribution >= 0.6 is 15.9 Å². The molecule has 0 aliphatic carbocycles. The van der Waals surface area contributed by atoms with E-state index in [0.29, 0.717) is 22.7 Å². The van der Waals surface area contributed by atoms with Crippen molar-refractivity contribution in [2.75, 3.05) is 23.9 Å². The van der Waals surface area contributed by atoms with Gasteiger partial charge in [0.1, 0.15) is 12.3 Å². The third kappa shape index (κ3) is 5.01. The van der Waals surface area contributed by atoms with E-state index in [-0.39, 0.29) is 24.1 Å². The Morgan fingerprint density at radius 1 is 1.12 bits per heavy atom. The predicted molar refractivity (Wildman–Crippen MR) is 133 cm³/mol. The molecule has 0 bridgehead atoms. The normalized spacial score (nSPS) is 14.1. The minimum atomic E-state index is -0.372. The molecule has 0 saturated carbocycles. The van der Waals surface area contributed by atoms with Crippen LogP contribution in [0.1, 0.15) is 16.7 Å². The third-order valence-corrected chi connectivity index (χ3v) is 5.69. The number of anilines is 2. The zero-order valence-corrected chi connectivity index (χ0v) is 19.7. The largest absolute Gasteiger partial charge is 0.496 e. The van der Waals surface area contributed by atoms with Crippen LogP contribution in [0.4, 0.5) is 11.4 Å². The van der Waals surface area contributed by atoms with Gasteiger partial charge >= 0.3 is 0 Å². The van der Waals surface area contributed by atoms with Crippen LogP contribution in [0.2, 0.25) is 0 Å². The summed E-state index contributed by atoms with van der Waals surface area (Å²) in [6.07, 6.45) is 1.56. The molecule has 0 saturated heterocycles. The molecule has 0 fully saturated rings. The van der Waals surface area contributed by atoms with E-state index in [4.69, 9.17) is 4.74 Å². The number of aryl methyl sites for hydroxylation is 1. The smallest absolute Gasteiger partial charge is 0.279 e. The lowest BCUT2D eigenvalue weighted by Crippen LogP contribution is -2.37. The average Bonchev–Trinajstić information content (AvgIpc) is 3.07. The Kier molecular flexibility index (Phi) is 6.65. The van der Waals surface area contributed by atoms with Gasteiger partial charge in [0.2, 0.25) is 5.91 Å². The first-order valence-corrected chi connectivity index (χ1v) is 11.0. The molecule has 3 aromatic carbocycles. The number of nitrogens with zero attached hydrogens (tertiary/aromatic N) is 3. The van der Waals surface area contributed by atoms with E-state index in [1.54, 1.807) is 25.5 Å². The second-order valence-corrected chi connectivity index (χ2v) is 8.26. The van der Waals surface area contributed by atoms with Gasteiger partial charge in [-0.15, -0.1) is 5.10 Å². The number of amides is 2. The molecular weight excluding hydrogens is 484 g/mol. The van der Waals surface area contributed by atoms with E-state index >= 15 is 0 Å². The SMILES string of the molecule is COc1ccc(/C=N/N=C2\C(=O)N(CC(=O)Nc3ccc(C)cc3)c3ccccc32)cc1Br. The fraction of sp³-hybridized carbons (Fsp3) is 0.120. The molecule has 7 nitrogen and oxygen atoms in total. The highest BCUT2D eigenvalue weighted by molar-refractivity contribution is 9.10. The molecule has 4 rings (SSSR count). The highest BCUT2D eigenvalue weighted by Gasteiger charge is 2.35. The van der Waals surface area contributed by atoms with E-state index in [0.717, 1.165) is 15.6 Å². The maximum absolute atomic E-state index is 13.1. The predicted octanol–water partition coefficient (Wildman–Crippen LogP) is 4.57. The molecular formula is C25H21BrN4O3. The van der Waals surface area contributed by atoms with Gasteiger partial charge in [0.05, 0.1) is 23.5 Å². The van der Waals surface area contributed by atoms with Crippen LogP contribution in [0.3, 0.4) is 0 Å². The molecule has 1 N–H and O–H groups in total. The van der Waals surface area contributed by atoms with Crippen LogP contribution < -0.4 is 15.0 Å². The Bertz CT molecular complexity index is 1270. The van der Waals surface area contributed by atoms with Crippen molar-refractivity contribution in [2.45, 2.75) is 6.92 Å². The number of hydrogen-bond acceptors (Lipinski definition) is 5. The molecule has 2 amide bonds. The highest BCUT2D eigenvalue weighted by atomic mass is 79.9. The highest BCUT2D eigenvalue weighted by Crippen LogP contribution is 2.29. The minimum Gasteiger partial charge on any atom is -0.496 e. The number of carbonyl (C=O) groups excluding carboxylic acids is 2. The summed E-state index contributed by atoms with van der Waals surface area (Å²) in [7, 11) is 1.59. The van der Waals surface area contributed by atoms with Gasteiger partial charge in [-0.25, -0.2) is 0 Å². The van der Waals surface area contributed by atoms with Gasteiger partial charge in [0.25, 0.3) is 5.91 Å². The van der Waals surface area contributed by atoms with Gasteiger partial charge < -0.3 is 10.1 Å². The molecule has 0 aromatic heterocycles. The summed E-state index contributed by atoms with van der Waals surface area (Å²) in [4.78, 5) is 27.1. The second kappa shape index (κ2) is 9.79. The summed E-state index contributed by atoms with van der Waals surface area (Å²) < 4.78 is 6.01. The monoisotopic (exact) mass is 504 g/mol. The Hall–Kier alpha value is -3.78. The molecule has 0 atom stereocenters. The van der Waals surface area contributed by atoms with Crippen molar-refractivity contribution >= 4 is 51.0 Å². The number of carbonyl (C=O) groups is 2. The van der Waals surface area contributed by atoms with Crippen molar-refractivity contribution in [3.63, 3.8) is 0 Å². The quantitative estimate of drug-likeness (QED) is 0.394. The topological polar surface area (TPSA) is 83.4 Å². The van der Waals surface area contributed by atoms with Crippen molar-refractivity contribution in [3.05, 3.63) is 87.9 Å². The maximum atomic E-state index is 13.1. The lowest BCUT2D eigenvalue weighted by molar-refractivity contribution is -0.118. The number of fused-ring (bicyclic) bond motifs is 1. The molecule has 33 heavy (non-hydrogen) atoms. The summed E-state index contributed by atoms with van der Waals surface area (Å²) in [6, 6.07) is 20.2. The lowest BCUT2D eigenvalue weighted by atomic mass is 10.1. The second-order valence-electron chi connectivity index (χ2n) is 7.41. The maximum Gasteiger partial charge on any atom is 0.279 e. The van der Waals surface area contributed by atoms with Gasteiger partial charge in [0.15, 0.2) is 5.71 Å². The first-order chi connectivity index (χ1) is 16.0. The molecule has 8 heteroatoms. The van der Waals surface area contributed by atoms with Crippen molar-refractivity contribution in [2.24, 2.45) is 10.2 Å². The summed E-state index contributed by atoms with van der Waals surface area (Å²) in [6.45, 7) is 1.85. The summed E-state index contributed by atoms with van der Waals surface area (Å²) >= 11 is 3.43. The van der Waals surface area contributed by atoms with Crippen LogP contribution in [0.15, 0.2) is 81.4 Å². The lowest BCUT2D eigenvalue weighted by Gasteiger charge is -2.16. The van der Waals surface area contributed by atoms with Gasteiger partial charge in [-0.05, 0) is 64.8 Å². The zero-order valence-electron chi connectivity index (χ0n) is 18.1. The summed E-state index contributed by atoms with van der Waals surface area (Å²) in [5, 5.41) is 11.1. The molecule has 1 aliphatic rings. The van der Waals surface area contributed by atoms with Gasteiger partial charge in [-0.2, -0.15) is 5.10 Å². The van der Waals surface area contributed by atoms with E-state index in [9.17, 15) is 9.59 Å². The van der Waals surface area contributed by atoms with E-state index in [1.807, 2.05) is 61.5 Å². The Morgan fingerprint density at radius 2 is 1.88 bits per heavy atom. The van der Waals surface area contributed by atoms with Crippen molar-refractivity contribution in [1.29, 1.82) is 0 Å². The van der Waals surface area contributed by atoms with Crippen LogP contribution in [0.25, 0.3) is 0 Å². The van der Waals surface area contributed by atoms with Crippen LogP contribution in [0, 0.1) is 6.92 Å². The molecule has 3 aromatic rings. The summed E-state index contributed by atoms with van der Waals surface area (Å²) in [5.41, 5.74) is 4.02. The number of methoxy groups -OCH3 is 1. The Morgan fingerprint density at radius 3 is 2.61 bits per heavy atom. The molecule has 0 radical (unpaired) electrons. The number of benzene rings is 3. The van der Waals surface area contributed by atoms with Crippen LogP contribution in [-0.2, 0) is 9.59 Å². The molecule has 0 spiro atoms. The number of halogens is 1. The first-order valence-electron chi connectivity index (χ1n) is 10.2. The summed E-state index contributed by atoms with van der Waals surface area (Å²) in [5.74, 6) is 0.0380. The number of para-hydroxylation sites is 1. The third-order valence-electron chi connectivity index (χ3n) is 5.08. The van der Waals surface area contributed by atoms with E-state index in [1.165, 1.54) is 4.90 Å². The van der Waals surface area contributed by atoms with E-state index in [2.05, 4.69) is 31.4 Å². The standard InChI is InChI=1S/C25H21BrN4O3/c1-16-7-10-18(11-8-16)28-23(31)15-30-21-6-4-3-5-19(21)24(25(30)32)29-27-14-17-9-12-22(33-2)20(26)13-17/h3-14H,15H2,1-2H3,(H,28,31)/b27-14+,29-24-. The average molecular weight is 505 g/mol. The molecule has 1 heterocycles. The number of rotatable bonds is 6.